The molecule has 4 nitrogen and oxygen atoms in total. The SMILES string of the molecule is CCC1(C)CCN(C(=O)c2sccc2C=CC(=O)O)CC1. The van der Waals surface area contributed by atoms with Gasteiger partial charge in [-0.1, -0.05) is 20.3 Å². The molecule has 21 heavy (non-hydrogen) atoms. The van der Waals surface area contributed by atoms with Crippen LogP contribution in [0.25, 0.3) is 6.08 Å². The molecule has 1 aliphatic rings. The van der Waals surface area contributed by atoms with E-state index in [4.69, 9.17) is 5.11 Å². The lowest BCUT2D eigenvalue weighted by Crippen LogP contribution is -2.41. The molecule has 0 bridgehead atoms. The fourth-order valence-corrected chi connectivity index (χ4v) is 3.38. The van der Waals surface area contributed by atoms with Crippen LogP contribution in [-0.4, -0.2) is 35.0 Å². The Hall–Kier alpha value is -1.62. The van der Waals surface area contributed by atoms with Crippen molar-refractivity contribution in [2.24, 2.45) is 5.41 Å². The van der Waals surface area contributed by atoms with Crippen LogP contribution in [0.2, 0.25) is 0 Å². The average molecular weight is 307 g/mol. The molecule has 0 unspecified atom stereocenters. The van der Waals surface area contributed by atoms with Gasteiger partial charge in [0.1, 0.15) is 0 Å². The van der Waals surface area contributed by atoms with E-state index in [1.54, 1.807) is 6.07 Å². The van der Waals surface area contributed by atoms with E-state index in [0.29, 0.717) is 15.9 Å². The smallest absolute Gasteiger partial charge is 0.328 e. The summed E-state index contributed by atoms with van der Waals surface area (Å²) in [6, 6.07) is 1.79. The summed E-state index contributed by atoms with van der Waals surface area (Å²) < 4.78 is 0. The minimum absolute atomic E-state index is 0.0215. The first-order chi connectivity index (χ1) is 9.95. The maximum Gasteiger partial charge on any atom is 0.328 e. The number of aliphatic carboxylic acids is 1. The molecule has 0 aromatic carbocycles. The highest BCUT2D eigenvalue weighted by molar-refractivity contribution is 7.12. The van der Waals surface area contributed by atoms with Gasteiger partial charge in [-0.15, -0.1) is 11.3 Å². The normalized spacial score (nSPS) is 18.1. The lowest BCUT2D eigenvalue weighted by atomic mass is 9.78. The second kappa shape index (κ2) is 6.43. The number of carboxylic acid groups (broad SMARTS) is 1. The van der Waals surface area contributed by atoms with Gasteiger partial charge >= 0.3 is 5.97 Å². The number of hydrogen-bond acceptors (Lipinski definition) is 3. The van der Waals surface area contributed by atoms with E-state index in [1.165, 1.54) is 17.4 Å². The minimum Gasteiger partial charge on any atom is -0.478 e. The molecule has 1 amide bonds. The summed E-state index contributed by atoms with van der Waals surface area (Å²) in [5, 5.41) is 10.5. The molecule has 5 heteroatoms. The van der Waals surface area contributed by atoms with E-state index in [0.717, 1.165) is 38.4 Å². The third kappa shape index (κ3) is 3.73. The van der Waals surface area contributed by atoms with Crippen LogP contribution in [0.15, 0.2) is 17.5 Å². The van der Waals surface area contributed by atoms with Crippen molar-refractivity contribution in [2.75, 3.05) is 13.1 Å². The highest BCUT2D eigenvalue weighted by atomic mass is 32.1. The summed E-state index contributed by atoms with van der Waals surface area (Å²) in [7, 11) is 0. The molecule has 2 heterocycles. The number of carboxylic acids is 1. The van der Waals surface area contributed by atoms with Gasteiger partial charge < -0.3 is 10.0 Å². The van der Waals surface area contributed by atoms with Gasteiger partial charge in [-0.05, 0) is 41.3 Å². The molecule has 1 aromatic heterocycles. The molecule has 2 rings (SSSR count). The Morgan fingerprint density at radius 1 is 1.43 bits per heavy atom. The van der Waals surface area contributed by atoms with Crippen LogP contribution in [-0.2, 0) is 4.79 Å². The van der Waals surface area contributed by atoms with Gasteiger partial charge in [0.2, 0.25) is 0 Å². The molecule has 1 saturated heterocycles. The van der Waals surface area contributed by atoms with Gasteiger partial charge in [-0.25, -0.2) is 4.79 Å². The van der Waals surface area contributed by atoms with Crippen molar-refractivity contribution in [3.63, 3.8) is 0 Å². The lowest BCUT2D eigenvalue weighted by Gasteiger charge is -2.38. The first-order valence-corrected chi connectivity index (χ1v) is 8.11. The molecule has 1 fully saturated rings. The Balaban J connectivity index is 2.08. The van der Waals surface area contributed by atoms with E-state index in [-0.39, 0.29) is 5.91 Å². The number of thiophene rings is 1. The fraction of sp³-hybridized carbons (Fsp3) is 0.500. The second-order valence-electron chi connectivity index (χ2n) is 5.83. The average Bonchev–Trinajstić information content (AvgIpc) is 2.93. The number of hydrogen-bond donors (Lipinski definition) is 1. The maximum absolute atomic E-state index is 12.6. The molecule has 0 spiro atoms. The monoisotopic (exact) mass is 307 g/mol. The maximum atomic E-state index is 12.6. The standard InChI is InChI=1S/C16H21NO3S/c1-3-16(2)7-9-17(10-8-16)15(20)14-12(6-11-21-14)4-5-13(18)19/h4-6,11H,3,7-10H2,1-2H3,(H,18,19). The topological polar surface area (TPSA) is 57.6 Å². The van der Waals surface area contributed by atoms with Gasteiger partial charge in [0, 0.05) is 19.2 Å². The van der Waals surface area contributed by atoms with E-state index >= 15 is 0 Å². The predicted molar refractivity (Wildman–Crippen MR) is 84.5 cm³/mol. The van der Waals surface area contributed by atoms with Crippen LogP contribution in [0.1, 0.15) is 48.3 Å². The van der Waals surface area contributed by atoms with Crippen LogP contribution >= 0.6 is 11.3 Å². The summed E-state index contributed by atoms with van der Waals surface area (Å²) in [4.78, 5) is 25.7. The Morgan fingerprint density at radius 3 is 2.67 bits per heavy atom. The molecule has 0 saturated carbocycles. The third-order valence-corrected chi connectivity index (χ3v) is 5.32. The van der Waals surface area contributed by atoms with Crippen molar-refractivity contribution in [3.05, 3.63) is 28.0 Å². The zero-order chi connectivity index (χ0) is 15.5. The lowest BCUT2D eigenvalue weighted by molar-refractivity contribution is -0.131. The van der Waals surface area contributed by atoms with Crippen LogP contribution in [0.5, 0.6) is 0 Å². The summed E-state index contributed by atoms with van der Waals surface area (Å²) in [5.74, 6) is -0.982. The summed E-state index contributed by atoms with van der Waals surface area (Å²) in [5.41, 5.74) is 1.04. The van der Waals surface area contributed by atoms with Gasteiger partial charge in [-0.2, -0.15) is 0 Å². The first-order valence-electron chi connectivity index (χ1n) is 7.23. The van der Waals surface area contributed by atoms with Crippen molar-refractivity contribution >= 4 is 29.3 Å². The number of likely N-dealkylation sites (tertiary alicyclic amines) is 1. The van der Waals surface area contributed by atoms with Crippen LogP contribution in [0.4, 0.5) is 0 Å². The van der Waals surface area contributed by atoms with Crippen molar-refractivity contribution in [2.45, 2.75) is 33.1 Å². The zero-order valence-corrected chi connectivity index (χ0v) is 13.3. The number of carbonyl (C=O) groups is 2. The zero-order valence-electron chi connectivity index (χ0n) is 12.5. The highest BCUT2D eigenvalue weighted by Gasteiger charge is 2.31. The van der Waals surface area contributed by atoms with Crippen LogP contribution in [0.3, 0.4) is 0 Å². The molecule has 1 N–H and O–H groups in total. The van der Waals surface area contributed by atoms with E-state index in [9.17, 15) is 9.59 Å². The Labute approximate surface area is 129 Å². The predicted octanol–water partition coefficient (Wildman–Crippen LogP) is 3.50. The van der Waals surface area contributed by atoms with Gasteiger partial charge in [0.05, 0.1) is 4.88 Å². The number of piperidine rings is 1. The fourth-order valence-electron chi connectivity index (χ4n) is 2.53. The minimum atomic E-state index is -1.00. The molecule has 0 aliphatic carbocycles. The van der Waals surface area contributed by atoms with E-state index < -0.39 is 5.97 Å². The Morgan fingerprint density at radius 2 is 2.10 bits per heavy atom. The Kier molecular flexibility index (Phi) is 4.83. The summed E-state index contributed by atoms with van der Waals surface area (Å²) in [6.45, 7) is 6.04. The van der Waals surface area contributed by atoms with Crippen molar-refractivity contribution < 1.29 is 14.7 Å². The number of amides is 1. The highest BCUT2D eigenvalue weighted by Crippen LogP contribution is 2.34. The first kappa shape index (κ1) is 15.8. The summed E-state index contributed by atoms with van der Waals surface area (Å²) in [6.07, 6.45) is 5.76. The molecule has 1 aliphatic heterocycles. The van der Waals surface area contributed by atoms with Crippen molar-refractivity contribution in [1.82, 2.24) is 4.90 Å². The molecule has 1 aromatic rings. The molecular formula is C16H21NO3S. The third-order valence-electron chi connectivity index (χ3n) is 4.41. The number of carbonyl (C=O) groups excluding carboxylic acids is 1. The number of rotatable bonds is 4. The van der Waals surface area contributed by atoms with Gasteiger partial charge in [0.25, 0.3) is 5.91 Å². The van der Waals surface area contributed by atoms with Gasteiger partial charge in [-0.3, -0.25) is 4.79 Å². The molecule has 114 valence electrons. The van der Waals surface area contributed by atoms with E-state index in [1.807, 2.05) is 10.3 Å². The van der Waals surface area contributed by atoms with Crippen LogP contribution in [0, 0.1) is 5.41 Å². The van der Waals surface area contributed by atoms with Crippen molar-refractivity contribution in [1.29, 1.82) is 0 Å². The quantitative estimate of drug-likeness (QED) is 0.866. The van der Waals surface area contributed by atoms with Crippen LogP contribution < -0.4 is 0 Å². The Bertz CT molecular complexity index is 554. The summed E-state index contributed by atoms with van der Waals surface area (Å²) >= 11 is 1.37. The molecular weight excluding hydrogens is 286 g/mol. The second-order valence-corrected chi connectivity index (χ2v) is 6.75. The van der Waals surface area contributed by atoms with E-state index in [2.05, 4.69) is 13.8 Å². The number of nitrogens with zero attached hydrogens (tertiary/aromatic N) is 1. The van der Waals surface area contributed by atoms with Crippen molar-refractivity contribution in [3.8, 4) is 0 Å². The largest absolute Gasteiger partial charge is 0.478 e. The molecule has 0 radical (unpaired) electrons. The van der Waals surface area contributed by atoms with Gasteiger partial charge in [0.15, 0.2) is 0 Å². The molecule has 0 atom stereocenters.